The highest BCUT2D eigenvalue weighted by Gasteiger charge is 2.22. The summed E-state index contributed by atoms with van der Waals surface area (Å²) in [5.74, 6) is -1.06. The van der Waals surface area contributed by atoms with Crippen LogP contribution in [0.25, 0.3) is 0 Å². The highest BCUT2D eigenvalue weighted by atomic mass is 35.5. The third-order valence-corrected chi connectivity index (χ3v) is 4.49. The first-order valence-corrected chi connectivity index (χ1v) is 7.87. The van der Waals surface area contributed by atoms with Crippen LogP contribution in [0.3, 0.4) is 0 Å². The molecule has 1 N–H and O–H groups in total. The lowest BCUT2D eigenvalue weighted by atomic mass is 9.83. The van der Waals surface area contributed by atoms with Crippen LogP contribution in [0.15, 0.2) is 12.1 Å². The minimum Gasteiger partial charge on any atom is -0.310 e. The van der Waals surface area contributed by atoms with Crippen LogP contribution in [0.2, 0.25) is 5.02 Å². The van der Waals surface area contributed by atoms with Crippen molar-refractivity contribution in [2.75, 3.05) is 6.54 Å². The molecule has 0 spiro atoms. The summed E-state index contributed by atoms with van der Waals surface area (Å²) in [7, 11) is 0. The molecule has 1 atom stereocenters. The van der Waals surface area contributed by atoms with Crippen LogP contribution >= 0.6 is 11.6 Å². The number of hydrogen-bond acceptors (Lipinski definition) is 1. The number of rotatable bonds is 5. The Labute approximate surface area is 124 Å². The van der Waals surface area contributed by atoms with Crippen LogP contribution < -0.4 is 5.32 Å². The summed E-state index contributed by atoms with van der Waals surface area (Å²) >= 11 is 6.10. The summed E-state index contributed by atoms with van der Waals surface area (Å²) < 4.78 is 26.7. The van der Waals surface area contributed by atoms with Crippen molar-refractivity contribution in [3.63, 3.8) is 0 Å². The molecular formula is C16H22ClF2N. The highest BCUT2D eigenvalue weighted by molar-refractivity contribution is 6.31. The van der Waals surface area contributed by atoms with Crippen LogP contribution in [0, 0.1) is 17.6 Å². The first-order chi connectivity index (χ1) is 9.61. The monoisotopic (exact) mass is 301 g/mol. The Hall–Kier alpha value is -0.670. The van der Waals surface area contributed by atoms with Crippen molar-refractivity contribution in [3.05, 3.63) is 34.4 Å². The number of hydrogen-bond donors (Lipinski definition) is 1. The van der Waals surface area contributed by atoms with E-state index in [4.69, 9.17) is 11.6 Å². The summed E-state index contributed by atoms with van der Waals surface area (Å²) in [6, 6.07) is 2.33. The Morgan fingerprint density at radius 2 is 1.85 bits per heavy atom. The van der Waals surface area contributed by atoms with Gasteiger partial charge in [0.05, 0.1) is 0 Å². The Balaban J connectivity index is 2.16. The average molecular weight is 302 g/mol. The van der Waals surface area contributed by atoms with Gasteiger partial charge in [0.25, 0.3) is 0 Å². The lowest BCUT2D eigenvalue weighted by molar-refractivity contribution is 0.301. The Morgan fingerprint density at radius 3 is 2.50 bits per heavy atom. The van der Waals surface area contributed by atoms with Crippen molar-refractivity contribution in [2.24, 2.45) is 5.92 Å². The molecule has 1 aromatic rings. The quantitative estimate of drug-likeness (QED) is 0.733. The zero-order valence-corrected chi connectivity index (χ0v) is 12.6. The molecule has 4 heteroatoms. The lowest BCUT2D eigenvalue weighted by Gasteiger charge is -2.28. The van der Waals surface area contributed by atoms with Gasteiger partial charge in [-0.2, -0.15) is 0 Å². The average Bonchev–Trinajstić information content (AvgIpc) is 2.44. The van der Waals surface area contributed by atoms with Crippen LogP contribution in [-0.4, -0.2) is 6.54 Å². The van der Waals surface area contributed by atoms with Gasteiger partial charge in [0, 0.05) is 11.1 Å². The summed E-state index contributed by atoms with van der Waals surface area (Å²) in [6.45, 7) is 2.80. The molecule has 0 aliphatic heterocycles. The largest absolute Gasteiger partial charge is 0.310 e. The normalized spacial score (nSPS) is 18.2. The fourth-order valence-corrected chi connectivity index (χ4v) is 3.41. The highest BCUT2D eigenvalue weighted by Crippen LogP contribution is 2.34. The number of halogens is 3. The second-order valence-corrected chi connectivity index (χ2v) is 6.05. The van der Waals surface area contributed by atoms with Gasteiger partial charge in [-0.15, -0.1) is 0 Å². The zero-order valence-electron chi connectivity index (χ0n) is 11.9. The third-order valence-electron chi connectivity index (χ3n) is 4.16. The van der Waals surface area contributed by atoms with E-state index < -0.39 is 11.6 Å². The molecule has 0 radical (unpaired) electrons. The first-order valence-electron chi connectivity index (χ1n) is 7.49. The fourth-order valence-electron chi connectivity index (χ4n) is 3.13. The third kappa shape index (κ3) is 3.92. The second kappa shape index (κ2) is 7.37. The van der Waals surface area contributed by atoms with Crippen molar-refractivity contribution in [3.8, 4) is 0 Å². The molecule has 0 saturated heterocycles. The van der Waals surface area contributed by atoms with Crippen LogP contribution in [0.1, 0.15) is 57.1 Å². The van der Waals surface area contributed by atoms with Gasteiger partial charge in [-0.25, -0.2) is 8.78 Å². The van der Waals surface area contributed by atoms with Crippen LogP contribution in [0.4, 0.5) is 8.78 Å². The van der Waals surface area contributed by atoms with E-state index in [0.29, 0.717) is 16.5 Å². The number of nitrogens with one attached hydrogen (secondary N) is 1. The Morgan fingerprint density at radius 1 is 1.20 bits per heavy atom. The molecule has 0 amide bonds. The molecule has 0 bridgehead atoms. The molecule has 0 heterocycles. The van der Waals surface area contributed by atoms with Crippen molar-refractivity contribution < 1.29 is 8.78 Å². The number of benzene rings is 1. The maximum absolute atomic E-state index is 13.5. The first kappa shape index (κ1) is 15.7. The molecular weight excluding hydrogens is 280 g/mol. The smallest absolute Gasteiger partial charge is 0.160 e. The minimum atomic E-state index is -0.883. The summed E-state index contributed by atoms with van der Waals surface area (Å²) in [5.41, 5.74) is 0.679. The van der Waals surface area contributed by atoms with Crippen molar-refractivity contribution in [1.82, 2.24) is 5.32 Å². The van der Waals surface area contributed by atoms with E-state index in [0.717, 1.165) is 19.0 Å². The van der Waals surface area contributed by atoms with E-state index in [1.54, 1.807) is 0 Å². The van der Waals surface area contributed by atoms with Gasteiger partial charge < -0.3 is 5.32 Å². The van der Waals surface area contributed by atoms with Gasteiger partial charge in [-0.3, -0.25) is 0 Å². The van der Waals surface area contributed by atoms with E-state index in [2.05, 4.69) is 5.32 Å². The van der Waals surface area contributed by atoms with Gasteiger partial charge >= 0.3 is 0 Å². The van der Waals surface area contributed by atoms with E-state index >= 15 is 0 Å². The molecule has 112 valence electrons. The predicted octanol–water partition coefficient (Wildman–Crippen LogP) is 5.24. The molecule has 1 nitrogen and oxygen atoms in total. The molecule has 1 fully saturated rings. The van der Waals surface area contributed by atoms with Crippen molar-refractivity contribution >= 4 is 11.6 Å². The maximum atomic E-state index is 13.5. The zero-order chi connectivity index (χ0) is 14.5. The van der Waals surface area contributed by atoms with Gasteiger partial charge in [0.1, 0.15) is 0 Å². The molecule has 1 aromatic carbocycles. The fraction of sp³-hybridized carbons (Fsp3) is 0.625. The van der Waals surface area contributed by atoms with E-state index in [-0.39, 0.29) is 6.04 Å². The molecule has 1 saturated carbocycles. The molecule has 1 aliphatic rings. The van der Waals surface area contributed by atoms with Gasteiger partial charge in [-0.1, -0.05) is 50.6 Å². The minimum absolute atomic E-state index is 0.00528. The summed E-state index contributed by atoms with van der Waals surface area (Å²) in [6.07, 6.45) is 7.25. The lowest BCUT2D eigenvalue weighted by Crippen LogP contribution is -2.25. The topological polar surface area (TPSA) is 12.0 Å². The summed E-state index contributed by atoms with van der Waals surface area (Å²) in [4.78, 5) is 0. The van der Waals surface area contributed by atoms with Crippen molar-refractivity contribution in [2.45, 2.75) is 51.5 Å². The van der Waals surface area contributed by atoms with Gasteiger partial charge in [-0.05, 0) is 36.6 Å². The molecule has 1 unspecified atom stereocenters. The van der Waals surface area contributed by atoms with Gasteiger partial charge in [0.2, 0.25) is 0 Å². The SMILES string of the molecule is CCNC(CC1CCCCC1)c1cc(F)c(F)cc1Cl. The predicted molar refractivity (Wildman–Crippen MR) is 79.0 cm³/mol. The molecule has 1 aliphatic carbocycles. The Kier molecular flexibility index (Phi) is 5.79. The van der Waals surface area contributed by atoms with Gasteiger partial charge in [0.15, 0.2) is 11.6 Å². The Bertz CT molecular complexity index is 444. The molecule has 20 heavy (non-hydrogen) atoms. The molecule has 0 aromatic heterocycles. The molecule has 2 rings (SSSR count). The second-order valence-electron chi connectivity index (χ2n) is 5.64. The van der Waals surface area contributed by atoms with E-state index in [9.17, 15) is 8.78 Å². The van der Waals surface area contributed by atoms with Crippen molar-refractivity contribution in [1.29, 1.82) is 0 Å². The standard InChI is InChI=1S/C16H22ClF2N/c1-2-20-16(8-11-6-4-3-5-7-11)12-9-14(18)15(19)10-13(12)17/h9-11,16,20H,2-8H2,1H3. The van der Waals surface area contributed by atoms with E-state index in [1.807, 2.05) is 6.92 Å². The van der Waals surface area contributed by atoms with E-state index in [1.165, 1.54) is 38.2 Å². The maximum Gasteiger partial charge on any atom is 0.160 e. The summed E-state index contributed by atoms with van der Waals surface area (Å²) in [5, 5.41) is 3.67. The van der Waals surface area contributed by atoms with Crippen LogP contribution in [-0.2, 0) is 0 Å². The van der Waals surface area contributed by atoms with Crippen LogP contribution in [0.5, 0.6) is 0 Å².